The molecule has 0 atom stereocenters. The second-order valence-corrected chi connectivity index (χ2v) is 12.6. The Kier molecular flexibility index (Phi) is 5.58. The smallest absolute Gasteiger partial charge is 0.137 e. The molecule has 0 saturated carbocycles. The zero-order valence-corrected chi connectivity index (χ0v) is 25.3. The Labute approximate surface area is 262 Å². The normalized spacial score (nSPS) is 13.3. The van der Waals surface area contributed by atoms with Gasteiger partial charge in [0.05, 0.1) is 5.69 Å². The first kappa shape index (κ1) is 25.9. The van der Waals surface area contributed by atoms with Crippen LogP contribution in [0.3, 0.4) is 0 Å². The Balaban J connectivity index is 1.28. The van der Waals surface area contributed by atoms with Gasteiger partial charge in [-0.2, -0.15) is 0 Å². The first-order valence-electron chi connectivity index (χ1n) is 15.6. The van der Waals surface area contributed by atoms with E-state index < -0.39 is 0 Å². The third-order valence-electron chi connectivity index (χ3n) is 9.63. The quantitative estimate of drug-likeness (QED) is 0.207. The number of nitrogens with zero attached hydrogens (tertiary/aromatic N) is 1. The van der Waals surface area contributed by atoms with Gasteiger partial charge >= 0.3 is 0 Å². The van der Waals surface area contributed by atoms with Crippen LogP contribution in [0.2, 0.25) is 0 Å². The van der Waals surface area contributed by atoms with Gasteiger partial charge in [-0.1, -0.05) is 111 Å². The summed E-state index contributed by atoms with van der Waals surface area (Å²) in [6.45, 7) is 4.68. The van der Waals surface area contributed by atoms with Gasteiger partial charge in [0.1, 0.15) is 11.2 Å². The largest absolute Gasteiger partial charge is 0.456 e. The lowest BCUT2D eigenvalue weighted by atomic mass is 9.82. The molecule has 7 aromatic carbocycles. The van der Waals surface area contributed by atoms with Crippen LogP contribution in [0.25, 0.3) is 55.0 Å². The number of anilines is 3. The summed E-state index contributed by atoms with van der Waals surface area (Å²) in [5.41, 5.74) is 12.9. The number of hydrogen-bond donors (Lipinski definition) is 0. The highest BCUT2D eigenvalue weighted by molar-refractivity contribution is 6.06. The fourth-order valence-electron chi connectivity index (χ4n) is 7.38. The van der Waals surface area contributed by atoms with Crippen molar-refractivity contribution in [1.29, 1.82) is 0 Å². The number of hydrogen-bond acceptors (Lipinski definition) is 2. The van der Waals surface area contributed by atoms with Crippen molar-refractivity contribution < 1.29 is 4.42 Å². The lowest BCUT2D eigenvalue weighted by molar-refractivity contribution is 0.661. The predicted molar refractivity (Wildman–Crippen MR) is 189 cm³/mol. The molecule has 0 radical (unpaired) electrons. The number of furan rings is 1. The molecule has 1 aliphatic carbocycles. The van der Waals surface area contributed by atoms with E-state index >= 15 is 0 Å². The van der Waals surface area contributed by atoms with Gasteiger partial charge in [0.25, 0.3) is 0 Å². The van der Waals surface area contributed by atoms with Gasteiger partial charge in [-0.25, -0.2) is 0 Å². The van der Waals surface area contributed by atoms with Crippen molar-refractivity contribution in [2.75, 3.05) is 4.90 Å². The van der Waals surface area contributed by atoms with Gasteiger partial charge < -0.3 is 9.32 Å². The molecule has 9 rings (SSSR count). The Morgan fingerprint density at radius 3 is 2.04 bits per heavy atom. The average Bonchev–Trinajstić information content (AvgIpc) is 3.56. The van der Waals surface area contributed by atoms with E-state index in [9.17, 15) is 0 Å². The van der Waals surface area contributed by atoms with Crippen molar-refractivity contribution in [1.82, 2.24) is 0 Å². The van der Waals surface area contributed by atoms with E-state index in [1.807, 2.05) is 12.1 Å². The van der Waals surface area contributed by atoms with Crippen molar-refractivity contribution in [3.8, 4) is 22.3 Å². The molecule has 0 spiro atoms. The SMILES string of the molecule is CC1(C)c2ccccc2-c2cc3cc(N(c4ccc5c(c4)oc4ccccc45)c4ccccc4-c4ccccc4)ccc3cc21. The molecule has 0 unspecified atom stereocenters. The van der Waals surface area contributed by atoms with Gasteiger partial charge in [0, 0.05) is 39.2 Å². The maximum Gasteiger partial charge on any atom is 0.137 e. The van der Waals surface area contributed by atoms with Crippen molar-refractivity contribution in [3.63, 3.8) is 0 Å². The fourth-order valence-corrected chi connectivity index (χ4v) is 7.38. The molecule has 1 aromatic heterocycles. The minimum atomic E-state index is -0.0263. The number of para-hydroxylation sites is 2. The summed E-state index contributed by atoms with van der Waals surface area (Å²) < 4.78 is 6.38. The maximum absolute atomic E-state index is 6.38. The van der Waals surface area contributed by atoms with Crippen molar-refractivity contribution >= 4 is 49.8 Å². The lowest BCUT2D eigenvalue weighted by Gasteiger charge is -2.28. The molecular weight excluding hydrogens is 546 g/mol. The van der Waals surface area contributed by atoms with E-state index in [1.54, 1.807) is 0 Å². The van der Waals surface area contributed by atoms with Gasteiger partial charge in [-0.15, -0.1) is 0 Å². The van der Waals surface area contributed by atoms with E-state index in [1.165, 1.54) is 44.2 Å². The molecule has 0 bridgehead atoms. The Morgan fingerprint density at radius 1 is 0.467 bits per heavy atom. The zero-order chi connectivity index (χ0) is 30.1. The summed E-state index contributed by atoms with van der Waals surface area (Å²) in [6.07, 6.45) is 0. The van der Waals surface area contributed by atoms with Crippen LogP contribution in [0.4, 0.5) is 17.1 Å². The Morgan fingerprint density at radius 2 is 1.16 bits per heavy atom. The highest BCUT2D eigenvalue weighted by Crippen LogP contribution is 2.50. The van der Waals surface area contributed by atoms with Crippen LogP contribution in [0.5, 0.6) is 0 Å². The van der Waals surface area contributed by atoms with E-state index in [0.717, 1.165) is 39.0 Å². The number of rotatable bonds is 4. The molecule has 1 aliphatic rings. The van der Waals surface area contributed by atoms with Crippen molar-refractivity contribution in [2.45, 2.75) is 19.3 Å². The highest BCUT2D eigenvalue weighted by Gasteiger charge is 2.35. The molecule has 0 saturated heterocycles. The monoisotopic (exact) mass is 577 g/mol. The van der Waals surface area contributed by atoms with Crippen LogP contribution in [0.1, 0.15) is 25.0 Å². The summed E-state index contributed by atoms with van der Waals surface area (Å²) in [5.74, 6) is 0. The first-order valence-corrected chi connectivity index (χ1v) is 15.6. The van der Waals surface area contributed by atoms with Crippen LogP contribution in [0, 0.1) is 0 Å². The standard InChI is InChI=1S/C43H31NO/c1-43(2)38-17-9-6-15-34(38)37-25-30-24-31(21-20-29(30)26-39(37)43)44(40-18-10-7-14-33(40)28-12-4-3-5-13-28)32-22-23-36-35-16-8-11-19-41(35)45-42(36)27-32/h3-27H,1-2H3. The van der Waals surface area contributed by atoms with Crippen LogP contribution in [-0.4, -0.2) is 0 Å². The van der Waals surface area contributed by atoms with E-state index in [0.29, 0.717) is 0 Å². The third-order valence-corrected chi connectivity index (χ3v) is 9.63. The molecule has 0 N–H and O–H groups in total. The second-order valence-electron chi connectivity index (χ2n) is 12.6. The lowest BCUT2D eigenvalue weighted by Crippen LogP contribution is -2.14. The molecule has 214 valence electrons. The highest BCUT2D eigenvalue weighted by atomic mass is 16.3. The minimum Gasteiger partial charge on any atom is -0.456 e. The second kappa shape index (κ2) is 9.70. The van der Waals surface area contributed by atoms with E-state index in [-0.39, 0.29) is 5.41 Å². The van der Waals surface area contributed by atoms with Gasteiger partial charge in [0.2, 0.25) is 0 Å². The first-order chi connectivity index (χ1) is 22.1. The third kappa shape index (κ3) is 3.96. The van der Waals surface area contributed by atoms with E-state index in [4.69, 9.17) is 4.42 Å². The molecule has 2 heteroatoms. The summed E-state index contributed by atoms with van der Waals surface area (Å²) in [7, 11) is 0. The van der Waals surface area contributed by atoms with Crippen molar-refractivity contribution in [2.24, 2.45) is 0 Å². The number of benzene rings is 7. The molecule has 0 aliphatic heterocycles. The van der Waals surface area contributed by atoms with Crippen LogP contribution in [-0.2, 0) is 5.41 Å². The number of fused-ring (bicyclic) bond motifs is 7. The fraction of sp³-hybridized carbons (Fsp3) is 0.0698. The minimum absolute atomic E-state index is 0.0263. The topological polar surface area (TPSA) is 16.4 Å². The molecule has 0 amide bonds. The molecule has 45 heavy (non-hydrogen) atoms. The predicted octanol–water partition coefficient (Wildman–Crippen LogP) is 12.2. The average molecular weight is 578 g/mol. The molecular formula is C43H31NO. The molecule has 0 fully saturated rings. The Bertz CT molecular complexity index is 2410. The van der Waals surface area contributed by atoms with Crippen LogP contribution >= 0.6 is 0 Å². The zero-order valence-electron chi connectivity index (χ0n) is 25.3. The summed E-state index contributed by atoms with van der Waals surface area (Å²) in [6, 6.07) is 54.7. The maximum atomic E-state index is 6.38. The van der Waals surface area contributed by atoms with Crippen molar-refractivity contribution in [3.05, 3.63) is 163 Å². The summed E-state index contributed by atoms with van der Waals surface area (Å²) in [5, 5.41) is 4.74. The van der Waals surface area contributed by atoms with Gasteiger partial charge in [-0.3, -0.25) is 0 Å². The molecule has 8 aromatic rings. The molecule has 2 nitrogen and oxygen atoms in total. The summed E-state index contributed by atoms with van der Waals surface area (Å²) >= 11 is 0. The van der Waals surface area contributed by atoms with E-state index in [2.05, 4.69) is 158 Å². The van der Waals surface area contributed by atoms with Crippen LogP contribution < -0.4 is 4.90 Å². The summed E-state index contributed by atoms with van der Waals surface area (Å²) in [4.78, 5) is 2.37. The van der Waals surface area contributed by atoms with Gasteiger partial charge in [0.15, 0.2) is 0 Å². The van der Waals surface area contributed by atoms with Crippen LogP contribution in [0.15, 0.2) is 156 Å². The van der Waals surface area contributed by atoms with Gasteiger partial charge in [-0.05, 0) is 87.1 Å². The Hall–Kier alpha value is -5.60. The molecule has 1 heterocycles.